The van der Waals surface area contributed by atoms with Crippen molar-refractivity contribution >= 4 is 34.1 Å². The van der Waals surface area contributed by atoms with Crippen molar-refractivity contribution in [1.82, 2.24) is 15.2 Å². The molecule has 1 fully saturated rings. The average molecular weight is 396 g/mol. The number of carbonyl (C=O) groups excluding carboxylic acids is 2. The van der Waals surface area contributed by atoms with Crippen molar-refractivity contribution in [2.45, 2.75) is 32.2 Å². The van der Waals surface area contributed by atoms with Crippen LogP contribution < -0.4 is 5.32 Å². The van der Waals surface area contributed by atoms with Crippen molar-refractivity contribution in [1.29, 1.82) is 0 Å². The number of para-hydroxylation sites is 1. The molecule has 2 N–H and O–H groups in total. The highest BCUT2D eigenvalue weighted by Crippen LogP contribution is 2.22. The van der Waals surface area contributed by atoms with Crippen molar-refractivity contribution in [3.05, 3.63) is 58.4 Å². The third-order valence-electron chi connectivity index (χ3n) is 5.54. The Morgan fingerprint density at radius 1 is 1.21 bits per heavy atom. The number of aromatic nitrogens is 1. The molecule has 1 atom stereocenters. The third-order valence-corrected chi connectivity index (χ3v) is 6.41. The lowest BCUT2D eigenvalue weighted by atomic mass is 9.97. The van der Waals surface area contributed by atoms with E-state index in [9.17, 15) is 9.59 Å². The smallest absolute Gasteiger partial charge is 0.262 e. The number of hydrogen-bond acceptors (Lipinski definition) is 3. The number of aromatic amines is 1. The van der Waals surface area contributed by atoms with E-state index in [-0.39, 0.29) is 11.8 Å². The summed E-state index contributed by atoms with van der Waals surface area (Å²) in [5.41, 5.74) is 2.09. The van der Waals surface area contributed by atoms with Gasteiger partial charge in [-0.1, -0.05) is 31.2 Å². The molecule has 28 heavy (non-hydrogen) atoms. The summed E-state index contributed by atoms with van der Waals surface area (Å²) < 4.78 is 0. The molecule has 1 saturated heterocycles. The summed E-state index contributed by atoms with van der Waals surface area (Å²) in [5.74, 6) is 0.484. The second kappa shape index (κ2) is 8.19. The van der Waals surface area contributed by atoms with E-state index in [1.807, 2.05) is 46.8 Å². The Balaban J connectivity index is 1.57. The number of likely N-dealkylation sites (tertiary alicyclic amines) is 1. The maximum Gasteiger partial charge on any atom is 0.262 e. The van der Waals surface area contributed by atoms with Gasteiger partial charge in [-0.2, -0.15) is 0 Å². The summed E-state index contributed by atoms with van der Waals surface area (Å²) in [5, 5.41) is 5.96. The van der Waals surface area contributed by atoms with Gasteiger partial charge in [-0.3, -0.25) is 9.59 Å². The van der Waals surface area contributed by atoms with Gasteiger partial charge >= 0.3 is 0 Å². The molecule has 1 aromatic carbocycles. The Bertz CT molecular complexity index is 955. The summed E-state index contributed by atoms with van der Waals surface area (Å²) in [4.78, 5) is 31.7. The van der Waals surface area contributed by atoms with Gasteiger partial charge in [0.1, 0.15) is 6.04 Å². The van der Waals surface area contributed by atoms with Gasteiger partial charge in [0, 0.05) is 36.6 Å². The highest BCUT2D eigenvalue weighted by atomic mass is 32.1. The van der Waals surface area contributed by atoms with Crippen molar-refractivity contribution in [3.63, 3.8) is 0 Å². The molecule has 4 rings (SSSR count). The Kier molecular flexibility index (Phi) is 5.48. The first-order valence-corrected chi connectivity index (χ1v) is 10.7. The van der Waals surface area contributed by atoms with E-state index in [0.29, 0.717) is 17.2 Å². The Morgan fingerprint density at radius 2 is 2.00 bits per heavy atom. The number of carbonyl (C=O) groups is 2. The van der Waals surface area contributed by atoms with Crippen molar-refractivity contribution in [2.75, 3.05) is 13.1 Å². The van der Waals surface area contributed by atoms with Gasteiger partial charge in [-0.15, -0.1) is 11.3 Å². The van der Waals surface area contributed by atoms with E-state index in [0.717, 1.165) is 42.4 Å². The maximum atomic E-state index is 13.3. The summed E-state index contributed by atoms with van der Waals surface area (Å²) >= 11 is 1.39. The van der Waals surface area contributed by atoms with Crippen LogP contribution in [-0.2, 0) is 11.2 Å². The number of hydrogen-bond donors (Lipinski definition) is 2. The number of nitrogens with one attached hydrogen (secondary N) is 2. The SMILES string of the molecule is CC1CCN(C(=O)[C@H](Cc2c[nH]c3ccccc23)NC(=O)c2cccs2)CC1. The number of amides is 2. The quantitative estimate of drug-likeness (QED) is 0.690. The molecule has 0 radical (unpaired) electrons. The highest BCUT2D eigenvalue weighted by Gasteiger charge is 2.29. The summed E-state index contributed by atoms with van der Waals surface area (Å²) in [7, 11) is 0. The Hall–Kier alpha value is -2.60. The lowest BCUT2D eigenvalue weighted by Gasteiger charge is -2.33. The molecule has 0 unspecified atom stereocenters. The predicted molar refractivity (Wildman–Crippen MR) is 113 cm³/mol. The molecule has 5 nitrogen and oxygen atoms in total. The summed E-state index contributed by atoms with van der Waals surface area (Å²) in [6, 6.07) is 11.1. The monoisotopic (exact) mass is 395 g/mol. The van der Waals surface area contributed by atoms with E-state index in [1.165, 1.54) is 11.3 Å². The van der Waals surface area contributed by atoms with Crippen LogP contribution in [-0.4, -0.2) is 40.8 Å². The molecule has 0 bridgehead atoms. The molecule has 0 saturated carbocycles. The van der Waals surface area contributed by atoms with Gasteiger partial charge in [0.25, 0.3) is 5.91 Å². The van der Waals surface area contributed by atoms with Crippen molar-refractivity contribution < 1.29 is 9.59 Å². The third kappa shape index (κ3) is 3.97. The molecule has 6 heteroatoms. The van der Waals surface area contributed by atoms with Crippen LogP contribution in [0.1, 0.15) is 35.0 Å². The molecule has 2 amide bonds. The molecule has 3 heterocycles. The fourth-order valence-electron chi connectivity index (χ4n) is 3.81. The number of piperidine rings is 1. The zero-order valence-electron chi connectivity index (χ0n) is 16.0. The van der Waals surface area contributed by atoms with E-state index >= 15 is 0 Å². The first-order valence-electron chi connectivity index (χ1n) is 9.80. The van der Waals surface area contributed by atoms with Crippen molar-refractivity contribution in [2.24, 2.45) is 5.92 Å². The number of nitrogens with zero attached hydrogens (tertiary/aromatic N) is 1. The van der Waals surface area contributed by atoms with E-state index in [4.69, 9.17) is 0 Å². The molecule has 146 valence electrons. The number of rotatable bonds is 5. The second-order valence-corrected chi connectivity index (χ2v) is 8.52. The highest BCUT2D eigenvalue weighted by molar-refractivity contribution is 7.12. The molecular weight excluding hydrogens is 370 g/mol. The standard InChI is InChI=1S/C22H25N3O2S/c1-15-8-10-25(11-9-15)22(27)19(24-21(26)20-7-4-12-28-20)13-16-14-23-18-6-3-2-5-17(16)18/h2-7,12,14-15,19,23H,8-11,13H2,1H3,(H,24,26)/t19-/m0/s1. The second-order valence-electron chi connectivity index (χ2n) is 7.57. The van der Waals surface area contributed by atoms with Gasteiger partial charge in [-0.05, 0) is 41.8 Å². The van der Waals surface area contributed by atoms with E-state index in [2.05, 4.69) is 17.2 Å². The van der Waals surface area contributed by atoms with Crippen LogP contribution in [0.2, 0.25) is 0 Å². The summed E-state index contributed by atoms with van der Waals surface area (Å²) in [6.45, 7) is 3.75. The van der Waals surface area contributed by atoms with Gasteiger partial charge < -0.3 is 15.2 Å². The van der Waals surface area contributed by atoms with Crippen LogP contribution in [0.5, 0.6) is 0 Å². The van der Waals surface area contributed by atoms with Gasteiger partial charge in [0.2, 0.25) is 5.91 Å². The van der Waals surface area contributed by atoms with Crippen LogP contribution >= 0.6 is 11.3 Å². The fourth-order valence-corrected chi connectivity index (χ4v) is 4.43. The lowest BCUT2D eigenvalue weighted by molar-refractivity contribution is -0.134. The first-order chi connectivity index (χ1) is 13.6. The molecule has 2 aromatic heterocycles. The minimum Gasteiger partial charge on any atom is -0.361 e. The number of H-pyrrole nitrogens is 1. The summed E-state index contributed by atoms with van der Waals surface area (Å²) in [6.07, 6.45) is 4.46. The molecule has 3 aromatic rings. The lowest BCUT2D eigenvalue weighted by Crippen LogP contribution is -2.51. The van der Waals surface area contributed by atoms with Gasteiger partial charge in [-0.25, -0.2) is 0 Å². The Morgan fingerprint density at radius 3 is 2.75 bits per heavy atom. The average Bonchev–Trinajstić information content (AvgIpc) is 3.38. The van der Waals surface area contributed by atoms with E-state index in [1.54, 1.807) is 6.07 Å². The van der Waals surface area contributed by atoms with Crippen LogP contribution in [0.3, 0.4) is 0 Å². The maximum absolute atomic E-state index is 13.3. The molecule has 1 aliphatic rings. The molecule has 0 spiro atoms. The largest absolute Gasteiger partial charge is 0.361 e. The van der Waals surface area contributed by atoms with Crippen LogP contribution in [0, 0.1) is 5.92 Å². The number of thiophene rings is 1. The predicted octanol–water partition coefficient (Wildman–Crippen LogP) is 3.83. The van der Waals surface area contributed by atoms with Crippen molar-refractivity contribution in [3.8, 4) is 0 Å². The molecule has 1 aliphatic heterocycles. The minimum atomic E-state index is -0.567. The topological polar surface area (TPSA) is 65.2 Å². The van der Waals surface area contributed by atoms with Crippen LogP contribution in [0.4, 0.5) is 0 Å². The van der Waals surface area contributed by atoms with Crippen LogP contribution in [0.25, 0.3) is 10.9 Å². The Labute approximate surface area is 168 Å². The van der Waals surface area contributed by atoms with Crippen LogP contribution in [0.15, 0.2) is 48.0 Å². The van der Waals surface area contributed by atoms with Gasteiger partial charge in [0.05, 0.1) is 4.88 Å². The molecular formula is C22H25N3O2S. The van der Waals surface area contributed by atoms with Gasteiger partial charge in [0.15, 0.2) is 0 Å². The molecule has 0 aliphatic carbocycles. The van der Waals surface area contributed by atoms with E-state index < -0.39 is 6.04 Å². The zero-order chi connectivity index (χ0) is 19.5. The minimum absolute atomic E-state index is 0.0158. The number of benzene rings is 1. The fraction of sp³-hybridized carbons (Fsp3) is 0.364. The number of fused-ring (bicyclic) bond motifs is 1. The zero-order valence-corrected chi connectivity index (χ0v) is 16.8. The first kappa shape index (κ1) is 18.7. The normalized spacial score (nSPS) is 16.2.